The highest BCUT2D eigenvalue weighted by Gasteiger charge is 2.52. The van der Waals surface area contributed by atoms with Crippen molar-refractivity contribution in [3.05, 3.63) is 94.8 Å². The van der Waals surface area contributed by atoms with Gasteiger partial charge >= 0.3 is 5.97 Å². The van der Waals surface area contributed by atoms with Crippen molar-refractivity contribution in [3.63, 3.8) is 0 Å². The Morgan fingerprint density at radius 3 is 2.20 bits per heavy atom. The molecular weight excluding hydrogens is 441 g/mol. The van der Waals surface area contributed by atoms with Gasteiger partial charge in [-0.15, -0.1) is 0 Å². The number of nitrogens with one attached hydrogen (secondary N) is 1. The molecule has 3 aromatic rings. The molecule has 35 heavy (non-hydrogen) atoms. The molecule has 180 valence electrons. The number of carbonyl (C=O) groups is 2. The number of benzene rings is 3. The van der Waals surface area contributed by atoms with E-state index in [0.29, 0.717) is 17.0 Å². The first-order chi connectivity index (χ1) is 16.9. The van der Waals surface area contributed by atoms with Crippen LogP contribution in [0.1, 0.15) is 59.2 Å². The zero-order chi connectivity index (χ0) is 24.6. The minimum atomic E-state index is -0.931. The molecule has 0 radical (unpaired) electrons. The lowest BCUT2D eigenvalue weighted by atomic mass is 9.64. The number of amides is 1. The van der Waals surface area contributed by atoms with Gasteiger partial charge < -0.3 is 10.4 Å². The van der Waals surface area contributed by atoms with Gasteiger partial charge in [-0.2, -0.15) is 0 Å². The molecule has 0 aromatic heterocycles. The maximum Gasteiger partial charge on any atom is 0.305 e. The zero-order valence-electron chi connectivity index (χ0n) is 19.9. The van der Waals surface area contributed by atoms with Crippen LogP contribution in [-0.4, -0.2) is 23.5 Å². The second-order valence-electron chi connectivity index (χ2n) is 10.1. The second kappa shape index (κ2) is 9.29. The fraction of sp³-hybridized carbons (Fsp3) is 0.333. The first-order valence-electron chi connectivity index (χ1n) is 12.3. The number of carbonyl (C=O) groups excluding carboxylic acids is 1. The van der Waals surface area contributed by atoms with Gasteiger partial charge in [0.2, 0.25) is 0 Å². The van der Waals surface area contributed by atoms with E-state index in [1.165, 1.54) is 36.5 Å². The Morgan fingerprint density at radius 1 is 0.971 bits per heavy atom. The Labute approximate surface area is 205 Å². The molecule has 0 heterocycles. The lowest BCUT2D eigenvalue weighted by molar-refractivity contribution is -0.136. The lowest BCUT2D eigenvalue weighted by Gasteiger charge is -2.39. The van der Waals surface area contributed by atoms with Gasteiger partial charge in [0.1, 0.15) is 5.82 Å². The molecule has 2 aliphatic carbocycles. The number of aryl methyl sites for hydroxylation is 1. The molecule has 2 fully saturated rings. The summed E-state index contributed by atoms with van der Waals surface area (Å²) in [6.07, 6.45) is 4.74. The number of rotatable bonds is 7. The Morgan fingerprint density at radius 2 is 1.63 bits per heavy atom. The fourth-order valence-corrected chi connectivity index (χ4v) is 6.29. The van der Waals surface area contributed by atoms with Crippen LogP contribution in [-0.2, 0) is 10.2 Å². The predicted octanol–water partition coefficient (Wildman–Crippen LogP) is 6.11. The van der Waals surface area contributed by atoms with Gasteiger partial charge in [-0.25, -0.2) is 4.39 Å². The SMILES string of the molecule is Cc1cc(-c2ccc(C3(c4ccc(C(=O)NCCC(=O)O)cc4)CC4CCC3C4)cc2)ccc1F. The molecule has 4 nitrogen and oxygen atoms in total. The van der Waals surface area contributed by atoms with E-state index in [1.54, 1.807) is 6.92 Å². The highest BCUT2D eigenvalue weighted by atomic mass is 19.1. The molecule has 0 spiro atoms. The van der Waals surface area contributed by atoms with Crippen molar-refractivity contribution in [2.75, 3.05) is 6.54 Å². The second-order valence-corrected chi connectivity index (χ2v) is 10.1. The van der Waals surface area contributed by atoms with E-state index >= 15 is 0 Å². The number of fused-ring (bicyclic) bond motifs is 2. The standard InChI is InChI=1S/C30H30FNO3/c1-19-16-23(7-13-27(19)31)21-3-9-24(10-4-21)30(18-20-2-8-26(30)17-20)25-11-5-22(6-12-25)29(35)32-15-14-28(33)34/h3-7,9-13,16,20,26H,2,8,14-15,17-18H2,1H3,(H,32,35)(H,33,34). The maximum atomic E-state index is 13.7. The van der Waals surface area contributed by atoms with Crippen molar-refractivity contribution in [2.45, 2.75) is 44.4 Å². The first kappa shape index (κ1) is 23.3. The van der Waals surface area contributed by atoms with E-state index in [2.05, 4.69) is 41.7 Å². The molecule has 2 bridgehead atoms. The van der Waals surface area contributed by atoms with Crippen molar-refractivity contribution in [2.24, 2.45) is 11.8 Å². The third-order valence-electron chi connectivity index (χ3n) is 8.03. The lowest BCUT2D eigenvalue weighted by Crippen LogP contribution is -2.34. The van der Waals surface area contributed by atoms with Crippen LogP contribution in [0.5, 0.6) is 0 Å². The summed E-state index contributed by atoms with van der Waals surface area (Å²) < 4.78 is 13.7. The van der Waals surface area contributed by atoms with E-state index < -0.39 is 5.97 Å². The van der Waals surface area contributed by atoms with Gasteiger partial charge in [-0.1, -0.05) is 48.9 Å². The summed E-state index contributed by atoms with van der Waals surface area (Å²) in [7, 11) is 0. The largest absolute Gasteiger partial charge is 0.481 e. The number of halogens is 1. The van der Waals surface area contributed by atoms with Crippen molar-refractivity contribution in [1.82, 2.24) is 5.32 Å². The molecule has 2 aliphatic rings. The summed E-state index contributed by atoms with van der Waals surface area (Å²) in [6, 6.07) is 21.8. The average molecular weight is 472 g/mol. The summed E-state index contributed by atoms with van der Waals surface area (Å²) >= 11 is 0. The van der Waals surface area contributed by atoms with Gasteiger partial charge in [-0.05, 0) is 90.1 Å². The van der Waals surface area contributed by atoms with Crippen LogP contribution < -0.4 is 5.32 Å². The Kier molecular flexibility index (Phi) is 6.18. The molecule has 2 saturated carbocycles. The third kappa shape index (κ3) is 4.36. The zero-order valence-corrected chi connectivity index (χ0v) is 19.9. The van der Waals surface area contributed by atoms with Gasteiger partial charge in [0, 0.05) is 17.5 Å². The molecule has 0 aliphatic heterocycles. The van der Waals surface area contributed by atoms with Crippen molar-refractivity contribution >= 4 is 11.9 Å². The molecule has 5 heteroatoms. The van der Waals surface area contributed by atoms with Crippen LogP contribution >= 0.6 is 0 Å². The van der Waals surface area contributed by atoms with Crippen LogP contribution in [0.3, 0.4) is 0 Å². The van der Waals surface area contributed by atoms with E-state index in [0.717, 1.165) is 23.5 Å². The molecular formula is C30H30FNO3. The van der Waals surface area contributed by atoms with Crippen molar-refractivity contribution in [3.8, 4) is 11.1 Å². The van der Waals surface area contributed by atoms with E-state index in [1.807, 2.05) is 24.3 Å². The highest BCUT2D eigenvalue weighted by molar-refractivity contribution is 5.94. The third-order valence-corrected chi connectivity index (χ3v) is 8.03. The Bertz CT molecular complexity index is 1250. The normalized spacial score (nSPS) is 22.8. The molecule has 0 saturated heterocycles. The number of hydrogen-bond acceptors (Lipinski definition) is 2. The van der Waals surface area contributed by atoms with Gasteiger partial charge in [0.05, 0.1) is 6.42 Å². The minimum Gasteiger partial charge on any atom is -0.481 e. The van der Waals surface area contributed by atoms with Gasteiger partial charge in [0.15, 0.2) is 0 Å². The smallest absolute Gasteiger partial charge is 0.305 e. The average Bonchev–Trinajstić information content (AvgIpc) is 3.48. The highest BCUT2D eigenvalue weighted by Crippen LogP contribution is 2.60. The topological polar surface area (TPSA) is 66.4 Å². The van der Waals surface area contributed by atoms with Gasteiger partial charge in [0.25, 0.3) is 5.91 Å². The first-order valence-corrected chi connectivity index (χ1v) is 12.3. The van der Waals surface area contributed by atoms with E-state index in [-0.39, 0.29) is 30.1 Å². The molecule has 1 amide bonds. The van der Waals surface area contributed by atoms with Crippen LogP contribution in [0.2, 0.25) is 0 Å². The molecule has 3 atom stereocenters. The molecule has 5 rings (SSSR count). The summed E-state index contributed by atoms with van der Waals surface area (Å²) in [5.41, 5.74) is 5.73. The van der Waals surface area contributed by atoms with Crippen LogP contribution in [0.4, 0.5) is 4.39 Å². The van der Waals surface area contributed by atoms with E-state index in [9.17, 15) is 14.0 Å². The van der Waals surface area contributed by atoms with Crippen molar-refractivity contribution < 1.29 is 19.1 Å². The summed E-state index contributed by atoms with van der Waals surface area (Å²) in [6.45, 7) is 1.90. The summed E-state index contributed by atoms with van der Waals surface area (Å²) in [4.78, 5) is 23.1. The van der Waals surface area contributed by atoms with Crippen LogP contribution in [0.25, 0.3) is 11.1 Å². The van der Waals surface area contributed by atoms with Crippen LogP contribution in [0.15, 0.2) is 66.7 Å². The Hall–Kier alpha value is -3.47. The molecule has 3 unspecified atom stereocenters. The number of aliphatic carboxylic acids is 1. The van der Waals surface area contributed by atoms with Crippen LogP contribution in [0, 0.1) is 24.6 Å². The predicted molar refractivity (Wildman–Crippen MR) is 134 cm³/mol. The van der Waals surface area contributed by atoms with Crippen molar-refractivity contribution in [1.29, 1.82) is 0 Å². The maximum absolute atomic E-state index is 13.7. The number of carboxylic acids is 1. The van der Waals surface area contributed by atoms with Gasteiger partial charge in [-0.3, -0.25) is 9.59 Å². The molecule has 2 N–H and O–H groups in total. The Balaban J connectivity index is 1.43. The minimum absolute atomic E-state index is 0.0710. The quantitative estimate of drug-likeness (QED) is 0.437. The summed E-state index contributed by atoms with van der Waals surface area (Å²) in [5, 5.41) is 11.5. The fourth-order valence-electron chi connectivity index (χ4n) is 6.29. The monoisotopic (exact) mass is 471 g/mol. The summed E-state index contributed by atoms with van der Waals surface area (Å²) in [5.74, 6) is -0.0800. The number of hydrogen-bond donors (Lipinski definition) is 2. The van der Waals surface area contributed by atoms with E-state index in [4.69, 9.17) is 5.11 Å². The number of carboxylic acid groups (broad SMARTS) is 1. The molecule has 3 aromatic carbocycles.